The van der Waals surface area contributed by atoms with Crippen LogP contribution in [0.2, 0.25) is 5.02 Å². The van der Waals surface area contributed by atoms with Gasteiger partial charge in [-0.25, -0.2) is 0 Å². The van der Waals surface area contributed by atoms with Gasteiger partial charge in [-0.05, 0) is 55.5 Å². The molecule has 26 heavy (non-hydrogen) atoms. The number of aromatic nitrogens is 1. The number of amides is 1. The van der Waals surface area contributed by atoms with Crippen molar-refractivity contribution in [2.75, 3.05) is 17.2 Å². The molecule has 2 aromatic carbocycles. The Bertz CT molecular complexity index is 898. The van der Waals surface area contributed by atoms with Crippen LogP contribution >= 0.6 is 11.6 Å². The summed E-state index contributed by atoms with van der Waals surface area (Å²) in [7, 11) is 0. The van der Waals surface area contributed by atoms with Crippen molar-refractivity contribution in [3.63, 3.8) is 0 Å². The molecule has 0 aliphatic heterocycles. The van der Waals surface area contributed by atoms with Crippen LogP contribution in [0.1, 0.15) is 17.3 Å². The van der Waals surface area contributed by atoms with Crippen molar-refractivity contribution in [2.24, 2.45) is 0 Å². The number of hydrogen-bond acceptors (Lipinski definition) is 4. The van der Waals surface area contributed by atoms with Crippen LogP contribution in [0.25, 0.3) is 0 Å². The fourth-order valence-electron chi connectivity index (χ4n) is 2.37. The van der Waals surface area contributed by atoms with Gasteiger partial charge in [-0.15, -0.1) is 0 Å². The summed E-state index contributed by atoms with van der Waals surface area (Å²) in [6.45, 7) is 2.57. The van der Waals surface area contributed by atoms with Crippen molar-refractivity contribution in [3.05, 3.63) is 77.6 Å². The Kier molecular flexibility index (Phi) is 5.71. The predicted molar refractivity (Wildman–Crippen MR) is 105 cm³/mol. The average Bonchev–Trinajstić information content (AvgIpc) is 2.64. The largest absolute Gasteiger partial charge is 0.494 e. The molecular formula is C20H18ClN3O2. The van der Waals surface area contributed by atoms with Crippen LogP contribution < -0.4 is 15.4 Å². The smallest absolute Gasteiger partial charge is 0.257 e. The lowest BCUT2D eigenvalue weighted by Gasteiger charge is -2.10. The third kappa shape index (κ3) is 4.74. The Morgan fingerprint density at radius 3 is 2.58 bits per heavy atom. The summed E-state index contributed by atoms with van der Waals surface area (Å²) in [5, 5.41) is 6.59. The highest BCUT2D eigenvalue weighted by atomic mass is 35.5. The second-order valence-electron chi connectivity index (χ2n) is 5.51. The lowest BCUT2D eigenvalue weighted by atomic mass is 10.2. The zero-order valence-electron chi connectivity index (χ0n) is 14.2. The molecule has 0 saturated heterocycles. The highest BCUT2D eigenvalue weighted by Gasteiger charge is 2.08. The van der Waals surface area contributed by atoms with Gasteiger partial charge in [0.1, 0.15) is 5.75 Å². The van der Waals surface area contributed by atoms with Crippen molar-refractivity contribution < 1.29 is 9.53 Å². The molecule has 0 bridgehead atoms. The fraction of sp³-hybridized carbons (Fsp3) is 0.100. The van der Waals surface area contributed by atoms with E-state index in [2.05, 4.69) is 15.6 Å². The summed E-state index contributed by atoms with van der Waals surface area (Å²) >= 11 is 5.94. The number of halogens is 1. The number of anilines is 3. The van der Waals surface area contributed by atoms with Crippen molar-refractivity contribution in [3.8, 4) is 5.75 Å². The van der Waals surface area contributed by atoms with Crippen LogP contribution in [0.3, 0.4) is 0 Å². The Balaban J connectivity index is 1.70. The van der Waals surface area contributed by atoms with E-state index in [4.69, 9.17) is 16.3 Å². The molecule has 1 aromatic heterocycles. The maximum absolute atomic E-state index is 12.4. The van der Waals surface area contributed by atoms with Gasteiger partial charge in [-0.3, -0.25) is 9.78 Å². The number of rotatable bonds is 6. The summed E-state index contributed by atoms with van der Waals surface area (Å²) in [5.74, 6) is 0.556. The molecule has 2 N–H and O–H groups in total. The Labute approximate surface area is 157 Å². The number of carbonyl (C=O) groups excluding carboxylic acids is 1. The van der Waals surface area contributed by atoms with Crippen LogP contribution in [0.4, 0.5) is 17.1 Å². The first kappa shape index (κ1) is 17.8. The van der Waals surface area contributed by atoms with E-state index in [9.17, 15) is 4.79 Å². The van der Waals surface area contributed by atoms with E-state index < -0.39 is 0 Å². The van der Waals surface area contributed by atoms with Gasteiger partial charge in [-0.1, -0.05) is 17.7 Å². The second kappa shape index (κ2) is 8.36. The van der Waals surface area contributed by atoms with Crippen LogP contribution in [0.5, 0.6) is 5.75 Å². The van der Waals surface area contributed by atoms with E-state index in [1.165, 1.54) is 6.20 Å². The SMILES string of the molecule is CCOc1ccc(Nc2cncc(C(=O)Nc3cccc(Cl)c3)c2)cc1. The predicted octanol–water partition coefficient (Wildman–Crippen LogP) is 5.13. The number of hydrogen-bond donors (Lipinski definition) is 2. The minimum absolute atomic E-state index is 0.255. The molecule has 0 unspecified atom stereocenters. The Morgan fingerprint density at radius 1 is 1.04 bits per heavy atom. The molecule has 5 nitrogen and oxygen atoms in total. The minimum Gasteiger partial charge on any atom is -0.494 e. The first-order chi connectivity index (χ1) is 12.6. The van der Waals surface area contributed by atoms with Gasteiger partial charge < -0.3 is 15.4 Å². The van der Waals surface area contributed by atoms with Gasteiger partial charge in [0.05, 0.1) is 24.1 Å². The summed E-state index contributed by atoms with van der Waals surface area (Å²) < 4.78 is 5.42. The molecular weight excluding hydrogens is 350 g/mol. The lowest BCUT2D eigenvalue weighted by molar-refractivity contribution is 0.102. The van der Waals surface area contributed by atoms with Gasteiger partial charge in [0.2, 0.25) is 0 Å². The molecule has 1 amide bonds. The number of carbonyl (C=O) groups is 1. The zero-order chi connectivity index (χ0) is 18.4. The van der Waals surface area contributed by atoms with Crippen molar-refractivity contribution in [2.45, 2.75) is 6.92 Å². The highest BCUT2D eigenvalue weighted by molar-refractivity contribution is 6.31. The van der Waals surface area contributed by atoms with Crippen molar-refractivity contribution in [1.82, 2.24) is 4.98 Å². The van der Waals surface area contributed by atoms with Gasteiger partial charge in [0.15, 0.2) is 0 Å². The molecule has 6 heteroatoms. The van der Waals surface area contributed by atoms with E-state index in [-0.39, 0.29) is 5.91 Å². The number of ether oxygens (including phenoxy) is 1. The summed E-state index contributed by atoms with van der Waals surface area (Å²) in [6.07, 6.45) is 3.18. The van der Waals surface area contributed by atoms with Gasteiger partial charge in [-0.2, -0.15) is 0 Å². The average molecular weight is 368 g/mol. The van der Waals surface area contributed by atoms with Gasteiger partial charge >= 0.3 is 0 Å². The van der Waals surface area contributed by atoms with E-state index in [1.807, 2.05) is 31.2 Å². The minimum atomic E-state index is -0.255. The monoisotopic (exact) mass is 367 g/mol. The quantitative estimate of drug-likeness (QED) is 0.634. The van der Waals surface area contributed by atoms with Crippen molar-refractivity contribution >= 4 is 34.6 Å². The van der Waals surface area contributed by atoms with E-state index in [0.29, 0.717) is 28.6 Å². The first-order valence-electron chi connectivity index (χ1n) is 8.16. The van der Waals surface area contributed by atoms with E-state index >= 15 is 0 Å². The molecule has 3 aromatic rings. The topological polar surface area (TPSA) is 63.2 Å². The molecule has 0 saturated carbocycles. The summed E-state index contributed by atoms with van der Waals surface area (Å²) in [5.41, 5.74) is 2.67. The molecule has 0 radical (unpaired) electrons. The lowest BCUT2D eigenvalue weighted by Crippen LogP contribution is -2.12. The van der Waals surface area contributed by atoms with Crippen LogP contribution in [0.15, 0.2) is 67.0 Å². The molecule has 0 atom stereocenters. The molecule has 0 aliphatic carbocycles. The molecule has 0 aliphatic rings. The fourth-order valence-corrected chi connectivity index (χ4v) is 2.56. The molecule has 132 valence electrons. The van der Waals surface area contributed by atoms with Gasteiger partial charge in [0, 0.05) is 22.6 Å². The zero-order valence-corrected chi connectivity index (χ0v) is 15.0. The molecule has 0 fully saturated rings. The maximum atomic E-state index is 12.4. The Morgan fingerprint density at radius 2 is 1.85 bits per heavy atom. The summed E-state index contributed by atoms with van der Waals surface area (Å²) in [6, 6.07) is 16.3. The normalized spacial score (nSPS) is 10.2. The van der Waals surface area contributed by atoms with Crippen LogP contribution in [-0.4, -0.2) is 17.5 Å². The highest BCUT2D eigenvalue weighted by Crippen LogP contribution is 2.21. The number of pyridine rings is 1. The number of nitrogens with zero attached hydrogens (tertiary/aromatic N) is 1. The number of nitrogens with one attached hydrogen (secondary N) is 2. The van der Waals surface area contributed by atoms with Crippen LogP contribution in [-0.2, 0) is 0 Å². The molecule has 0 spiro atoms. The summed E-state index contributed by atoms with van der Waals surface area (Å²) in [4.78, 5) is 16.5. The number of benzene rings is 2. The van der Waals surface area contributed by atoms with Crippen LogP contribution in [0, 0.1) is 0 Å². The second-order valence-corrected chi connectivity index (χ2v) is 5.95. The third-order valence-electron chi connectivity index (χ3n) is 3.54. The molecule has 3 rings (SSSR count). The van der Waals surface area contributed by atoms with Gasteiger partial charge in [0.25, 0.3) is 5.91 Å². The van der Waals surface area contributed by atoms with E-state index in [1.54, 1.807) is 36.5 Å². The standard InChI is InChI=1S/C20H18ClN3O2/c1-2-26-19-8-6-16(7-9-19)23-18-10-14(12-22-13-18)20(25)24-17-5-3-4-15(21)11-17/h3-13,23H,2H2,1H3,(H,24,25). The maximum Gasteiger partial charge on any atom is 0.257 e. The Hall–Kier alpha value is -3.05. The van der Waals surface area contributed by atoms with Crippen molar-refractivity contribution in [1.29, 1.82) is 0 Å². The molecule has 1 heterocycles. The van der Waals surface area contributed by atoms with E-state index in [0.717, 1.165) is 11.4 Å². The third-order valence-corrected chi connectivity index (χ3v) is 3.77. The first-order valence-corrected chi connectivity index (χ1v) is 8.53.